The molecular formula is C19H19N3O2. The Morgan fingerprint density at radius 2 is 1.62 bits per heavy atom. The fourth-order valence-corrected chi connectivity index (χ4v) is 1.90. The van der Waals surface area contributed by atoms with Crippen LogP contribution < -0.4 is 10.7 Å². The summed E-state index contributed by atoms with van der Waals surface area (Å²) in [5, 5.41) is 6.45. The number of carbonyl (C=O) groups excluding carboxylic acids is 2. The Hall–Kier alpha value is -3.21. The van der Waals surface area contributed by atoms with Gasteiger partial charge in [0.05, 0.1) is 5.71 Å². The van der Waals surface area contributed by atoms with E-state index in [0.717, 1.165) is 11.1 Å². The fourth-order valence-electron chi connectivity index (χ4n) is 1.90. The molecule has 0 aliphatic heterocycles. The van der Waals surface area contributed by atoms with Gasteiger partial charge in [-0.15, -0.1) is 0 Å². The fraction of sp³-hybridized carbons (Fsp3) is 0.105. The predicted molar refractivity (Wildman–Crippen MR) is 96.5 cm³/mol. The van der Waals surface area contributed by atoms with Gasteiger partial charge in [-0.2, -0.15) is 5.10 Å². The van der Waals surface area contributed by atoms with E-state index in [0.29, 0.717) is 11.4 Å². The van der Waals surface area contributed by atoms with E-state index < -0.39 is 11.8 Å². The number of hydrogen-bond donors (Lipinski definition) is 2. The average Bonchev–Trinajstić information content (AvgIpc) is 2.60. The first kappa shape index (κ1) is 17.1. The Kier molecular flexibility index (Phi) is 6.02. The molecule has 0 bridgehead atoms. The highest BCUT2D eigenvalue weighted by atomic mass is 16.2. The van der Waals surface area contributed by atoms with E-state index in [1.54, 1.807) is 25.1 Å². The number of para-hydroxylation sites is 1. The monoisotopic (exact) mass is 321 g/mol. The predicted octanol–water partition coefficient (Wildman–Crippen LogP) is 3.14. The molecule has 5 heteroatoms. The van der Waals surface area contributed by atoms with Crippen molar-refractivity contribution in [1.82, 2.24) is 5.43 Å². The van der Waals surface area contributed by atoms with Gasteiger partial charge in [0.2, 0.25) is 0 Å². The van der Waals surface area contributed by atoms with E-state index in [-0.39, 0.29) is 0 Å². The lowest BCUT2D eigenvalue weighted by Gasteiger charge is -2.06. The zero-order valence-electron chi connectivity index (χ0n) is 13.6. The van der Waals surface area contributed by atoms with E-state index in [1.807, 2.05) is 55.5 Å². The van der Waals surface area contributed by atoms with Crippen LogP contribution in [0.4, 0.5) is 5.69 Å². The van der Waals surface area contributed by atoms with Crippen LogP contribution in [0.15, 0.2) is 65.8 Å². The van der Waals surface area contributed by atoms with Crippen LogP contribution in [0.25, 0.3) is 6.08 Å². The normalized spacial score (nSPS) is 11.3. The van der Waals surface area contributed by atoms with Crippen LogP contribution in [0.5, 0.6) is 0 Å². The minimum absolute atomic E-state index is 0.580. The number of allylic oxidation sites excluding steroid dienone is 1. The van der Waals surface area contributed by atoms with Gasteiger partial charge in [-0.1, -0.05) is 54.6 Å². The maximum absolute atomic E-state index is 11.8. The Balaban J connectivity index is 1.90. The van der Waals surface area contributed by atoms with Crippen molar-refractivity contribution in [1.29, 1.82) is 0 Å². The SMILES string of the molecule is CC(/C=C/c1ccccc1)=N\NC(=O)C(=O)Nc1ccccc1C. The van der Waals surface area contributed by atoms with Crippen molar-refractivity contribution in [2.45, 2.75) is 13.8 Å². The van der Waals surface area contributed by atoms with Crippen LogP contribution in [-0.4, -0.2) is 17.5 Å². The first-order valence-corrected chi connectivity index (χ1v) is 7.50. The summed E-state index contributed by atoms with van der Waals surface area (Å²) in [6.07, 6.45) is 3.63. The van der Waals surface area contributed by atoms with Gasteiger partial charge in [-0.05, 0) is 37.1 Å². The zero-order valence-corrected chi connectivity index (χ0v) is 13.6. The minimum atomic E-state index is -0.814. The highest BCUT2D eigenvalue weighted by molar-refractivity contribution is 6.39. The van der Waals surface area contributed by atoms with Gasteiger partial charge >= 0.3 is 11.8 Å². The van der Waals surface area contributed by atoms with Crippen molar-refractivity contribution < 1.29 is 9.59 Å². The number of rotatable bonds is 4. The highest BCUT2D eigenvalue weighted by Crippen LogP contribution is 2.12. The van der Waals surface area contributed by atoms with E-state index in [9.17, 15) is 9.59 Å². The second kappa shape index (κ2) is 8.43. The standard InChI is InChI=1S/C19H19N3O2/c1-14-8-6-7-11-17(14)20-18(23)19(24)22-21-15(2)12-13-16-9-4-3-5-10-16/h3-13H,1-2H3,(H,20,23)(H,22,24)/b13-12+,21-15+. The minimum Gasteiger partial charge on any atom is -0.317 e. The van der Waals surface area contributed by atoms with Crippen LogP contribution in [0, 0.1) is 6.92 Å². The molecule has 0 radical (unpaired) electrons. The molecule has 24 heavy (non-hydrogen) atoms. The third-order valence-electron chi connectivity index (χ3n) is 3.25. The summed E-state index contributed by atoms with van der Waals surface area (Å²) < 4.78 is 0. The molecule has 0 aromatic heterocycles. The van der Waals surface area contributed by atoms with Crippen molar-refractivity contribution in [3.63, 3.8) is 0 Å². The van der Waals surface area contributed by atoms with Crippen molar-refractivity contribution in [3.05, 3.63) is 71.8 Å². The number of hydrogen-bond acceptors (Lipinski definition) is 3. The van der Waals surface area contributed by atoms with E-state index in [4.69, 9.17) is 0 Å². The molecule has 0 aliphatic rings. The zero-order chi connectivity index (χ0) is 17.4. The van der Waals surface area contributed by atoms with Gasteiger partial charge in [0, 0.05) is 5.69 Å². The lowest BCUT2D eigenvalue weighted by atomic mass is 10.2. The molecule has 0 aliphatic carbocycles. The van der Waals surface area contributed by atoms with Crippen molar-refractivity contribution in [3.8, 4) is 0 Å². The molecule has 0 saturated carbocycles. The molecule has 5 nitrogen and oxygen atoms in total. The van der Waals surface area contributed by atoms with Crippen molar-refractivity contribution in [2.75, 3.05) is 5.32 Å². The highest BCUT2D eigenvalue weighted by Gasteiger charge is 2.13. The van der Waals surface area contributed by atoms with Gasteiger partial charge in [0.1, 0.15) is 0 Å². The first-order chi connectivity index (χ1) is 11.6. The number of amides is 2. The molecule has 2 N–H and O–H groups in total. The molecule has 0 heterocycles. The maximum Gasteiger partial charge on any atom is 0.329 e. The molecule has 2 amide bonds. The van der Waals surface area contributed by atoms with Gasteiger partial charge in [-0.3, -0.25) is 9.59 Å². The van der Waals surface area contributed by atoms with Gasteiger partial charge in [0.25, 0.3) is 0 Å². The molecule has 2 rings (SSSR count). The third kappa shape index (κ3) is 5.21. The summed E-state index contributed by atoms with van der Waals surface area (Å²) in [7, 11) is 0. The molecule has 0 atom stereocenters. The lowest BCUT2D eigenvalue weighted by molar-refractivity contribution is -0.136. The van der Waals surface area contributed by atoms with Gasteiger partial charge < -0.3 is 5.32 Å². The van der Waals surface area contributed by atoms with Crippen LogP contribution >= 0.6 is 0 Å². The number of nitrogens with one attached hydrogen (secondary N) is 2. The molecule has 2 aromatic carbocycles. The van der Waals surface area contributed by atoms with E-state index >= 15 is 0 Å². The average molecular weight is 321 g/mol. The maximum atomic E-state index is 11.8. The number of anilines is 1. The summed E-state index contributed by atoms with van der Waals surface area (Å²) in [5.74, 6) is -1.57. The van der Waals surface area contributed by atoms with Crippen LogP contribution in [0.3, 0.4) is 0 Å². The summed E-state index contributed by atoms with van der Waals surface area (Å²) in [6, 6.07) is 17.0. The molecule has 0 unspecified atom stereocenters. The van der Waals surface area contributed by atoms with Crippen molar-refractivity contribution in [2.24, 2.45) is 5.10 Å². The first-order valence-electron chi connectivity index (χ1n) is 7.50. The van der Waals surface area contributed by atoms with Crippen LogP contribution in [-0.2, 0) is 9.59 Å². The quantitative estimate of drug-likeness (QED) is 0.516. The van der Waals surface area contributed by atoms with E-state index in [2.05, 4.69) is 15.8 Å². The lowest BCUT2D eigenvalue weighted by Crippen LogP contribution is -2.32. The van der Waals surface area contributed by atoms with Crippen molar-refractivity contribution >= 4 is 29.3 Å². The van der Waals surface area contributed by atoms with Gasteiger partial charge in [0.15, 0.2) is 0 Å². The second-order valence-electron chi connectivity index (χ2n) is 5.21. The van der Waals surface area contributed by atoms with Crippen LogP contribution in [0.2, 0.25) is 0 Å². The molecule has 0 fully saturated rings. The molecule has 0 spiro atoms. The summed E-state index contributed by atoms with van der Waals surface area (Å²) in [4.78, 5) is 23.6. The topological polar surface area (TPSA) is 70.6 Å². The number of aryl methyl sites for hydroxylation is 1. The third-order valence-corrected chi connectivity index (χ3v) is 3.25. The van der Waals surface area contributed by atoms with E-state index in [1.165, 1.54) is 0 Å². The Labute approximate surface area is 141 Å². The molecule has 122 valence electrons. The molecular weight excluding hydrogens is 302 g/mol. The number of nitrogens with zero attached hydrogens (tertiary/aromatic N) is 1. The number of hydrazone groups is 1. The molecule has 0 saturated heterocycles. The summed E-state index contributed by atoms with van der Waals surface area (Å²) >= 11 is 0. The Bertz CT molecular complexity index is 780. The second-order valence-corrected chi connectivity index (χ2v) is 5.21. The Morgan fingerprint density at radius 3 is 2.33 bits per heavy atom. The number of carbonyl (C=O) groups is 2. The largest absolute Gasteiger partial charge is 0.329 e. The summed E-state index contributed by atoms with van der Waals surface area (Å²) in [5.41, 5.74) is 5.33. The summed E-state index contributed by atoms with van der Waals surface area (Å²) in [6.45, 7) is 3.59. The number of benzene rings is 2. The van der Waals surface area contributed by atoms with Crippen LogP contribution in [0.1, 0.15) is 18.1 Å². The molecule has 2 aromatic rings. The smallest absolute Gasteiger partial charge is 0.317 e. The van der Waals surface area contributed by atoms with Gasteiger partial charge in [-0.25, -0.2) is 5.43 Å². The Morgan fingerprint density at radius 1 is 0.958 bits per heavy atom.